The van der Waals surface area contributed by atoms with E-state index in [2.05, 4.69) is 11.2 Å². The van der Waals surface area contributed by atoms with Crippen molar-refractivity contribution in [2.75, 3.05) is 6.79 Å². The van der Waals surface area contributed by atoms with Crippen molar-refractivity contribution in [3.8, 4) is 34.0 Å². The highest BCUT2D eigenvalue weighted by Gasteiger charge is 2.45. The summed E-state index contributed by atoms with van der Waals surface area (Å²) in [5.41, 5.74) is 3.96. The summed E-state index contributed by atoms with van der Waals surface area (Å²) in [7, 11) is 1.90. The fraction of sp³-hybridized carbons (Fsp3) is 0.241. The molecule has 3 aliphatic heterocycles. The van der Waals surface area contributed by atoms with E-state index in [-0.39, 0.29) is 37.5 Å². The minimum absolute atomic E-state index is 0.0825. The van der Waals surface area contributed by atoms with Crippen molar-refractivity contribution in [3.05, 3.63) is 69.6 Å². The van der Waals surface area contributed by atoms with E-state index >= 15 is 0 Å². The van der Waals surface area contributed by atoms with Gasteiger partial charge in [0.2, 0.25) is 6.79 Å². The SMILES string of the molecule is CC[C@@]1(O)C(=O)OCc2c1cc1n(c2=O)Cc2c-1nc1cc3c(cc1c2-c1ccc2cnn(C)c2c1)OCO3. The van der Waals surface area contributed by atoms with Crippen LogP contribution < -0.4 is 15.0 Å². The minimum atomic E-state index is -1.89. The number of hydrogen-bond acceptors (Lipinski definition) is 8. The van der Waals surface area contributed by atoms with Gasteiger partial charge in [0, 0.05) is 35.0 Å². The highest BCUT2D eigenvalue weighted by molar-refractivity contribution is 6.02. The van der Waals surface area contributed by atoms with Crippen LogP contribution in [-0.4, -0.2) is 37.2 Å². The molecule has 8 rings (SSSR count). The molecular formula is C29H22N4O6. The van der Waals surface area contributed by atoms with E-state index in [9.17, 15) is 14.7 Å². The molecule has 0 saturated carbocycles. The Morgan fingerprint density at radius 2 is 1.87 bits per heavy atom. The fourth-order valence-corrected chi connectivity index (χ4v) is 6.10. The van der Waals surface area contributed by atoms with Crippen molar-refractivity contribution < 1.29 is 24.1 Å². The first-order chi connectivity index (χ1) is 18.9. The van der Waals surface area contributed by atoms with Crippen molar-refractivity contribution in [1.29, 1.82) is 0 Å². The summed E-state index contributed by atoms with van der Waals surface area (Å²) in [4.78, 5) is 31.3. The molecule has 6 heterocycles. The monoisotopic (exact) mass is 522 g/mol. The van der Waals surface area contributed by atoms with Crippen LogP contribution >= 0.6 is 0 Å². The van der Waals surface area contributed by atoms with E-state index in [0.717, 1.165) is 33.0 Å². The van der Waals surface area contributed by atoms with Gasteiger partial charge in [-0.05, 0) is 35.7 Å². The predicted molar refractivity (Wildman–Crippen MR) is 140 cm³/mol. The number of esters is 1. The predicted octanol–water partition coefficient (Wildman–Crippen LogP) is 3.36. The molecule has 10 heteroatoms. The second kappa shape index (κ2) is 7.45. The molecule has 0 radical (unpaired) electrons. The maximum Gasteiger partial charge on any atom is 0.343 e. The standard InChI is InChI=1S/C29H22N4O6/c1-3-29(36)19-8-22-26-17(11-33(22)27(34)18(19)12-37-28(29)35)25(14-4-5-15-10-30-32(2)21(15)6-14)16-7-23-24(39-13-38-23)9-20(16)31-26/h4-10,36H,3,11-13H2,1-2H3/t29-/m0/s1. The lowest BCUT2D eigenvalue weighted by molar-refractivity contribution is -0.172. The fourth-order valence-electron chi connectivity index (χ4n) is 6.10. The van der Waals surface area contributed by atoms with Gasteiger partial charge in [-0.1, -0.05) is 19.1 Å². The first-order valence-corrected chi connectivity index (χ1v) is 12.7. The van der Waals surface area contributed by atoms with Crippen molar-refractivity contribution in [2.45, 2.75) is 32.1 Å². The number of hydrogen-bond donors (Lipinski definition) is 1. The normalized spacial score (nSPS) is 18.8. The molecule has 5 aromatic rings. The van der Waals surface area contributed by atoms with Crippen molar-refractivity contribution in [2.24, 2.45) is 7.05 Å². The third kappa shape index (κ3) is 2.83. The van der Waals surface area contributed by atoms with E-state index in [1.54, 1.807) is 17.6 Å². The number of aliphatic hydroxyl groups is 1. The van der Waals surface area contributed by atoms with Gasteiger partial charge in [0.15, 0.2) is 17.1 Å². The molecule has 0 saturated heterocycles. The Morgan fingerprint density at radius 1 is 1.05 bits per heavy atom. The molecule has 194 valence electrons. The Morgan fingerprint density at radius 3 is 2.69 bits per heavy atom. The zero-order chi connectivity index (χ0) is 26.6. The molecule has 1 N–H and O–H groups in total. The second-order valence-electron chi connectivity index (χ2n) is 10.2. The summed E-state index contributed by atoms with van der Waals surface area (Å²) in [6.07, 6.45) is 1.91. The molecule has 0 fully saturated rings. The van der Waals surface area contributed by atoms with Crippen LogP contribution in [0.25, 0.3) is 44.3 Å². The van der Waals surface area contributed by atoms with Crippen LogP contribution in [0.2, 0.25) is 0 Å². The van der Waals surface area contributed by atoms with Crippen LogP contribution in [0.15, 0.2) is 47.4 Å². The first kappa shape index (κ1) is 22.3. The Kier molecular flexibility index (Phi) is 4.26. The van der Waals surface area contributed by atoms with E-state index in [1.165, 1.54) is 0 Å². The topological polar surface area (TPSA) is 118 Å². The van der Waals surface area contributed by atoms with Gasteiger partial charge in [0.1, 0.15) is 6.61 Å². The molecule has 10 nitrogen and oxygen atoms in total. The summed E-state index contributed by atoms with van der Waals surface area (Å²) in [5, 5.41) is 17.5. The lowest BCUT2D eigenvalue weighted by Crippen LogP contribution is -2.44. The number of pyridine rings is 2. The van der Waals surface area contributed by atoms with E-state index < -0.39 is 11.6 Å². The number of nitrogens with zero attached hydrogens (tertiary/aromatic N) is 4. The van der Waals surface area contributed by atoms with Crippen LogP contribution in [0.3, 0.4) is 0 Å². The molecule has 1 atom stereocenters. The summed E-state index contributed by atoms with van der Waals surface area (Å²) in [6, 6.07) is 11.7. The minimum Gasteiger partial charge on any atom is -0.458 e. The summed E-state index contributed by atoms with van der Waals surface area (Å²) < 4.78 is 20.0. The van der Waals surface area contributed by atoms with Gasteiger partial charge in [-0.3, -0.25) is 9.48 Å². The van der Waals surface area contributed by atoms with E-state index in [4.69, 9.17) is 19.2 Å². The number of aryl methyl sites for hydroxylation is 1. The van der Waals surface area contributed by atoms with Crippen LogP contribution in [0.5, 0.6) is 11.5 Å². The molecule has 0 unspecified atom stereocenters. The van der Waals surface area contributed by atoms with E-state index in [0.29, 0.717) is 34.0 Å². The molecule has 3 aliphatic rings. The Bertz CT molecular complexity index is 1990. The molecule has 0 spiro atoms. The molecule has 2 aromatic carbocycles. The first-order valence-electron chi connectivity index (χ1n) is 12.7. The highest BCUT2D eigenvalue weighted by atomic mass is 16.7. The van der Waals surface area contributed by atoms with Gasteiger partial charge in [0.25, 0.3) is 5.56 Å². The Balaban J connectivity index is 1.46. The number of cyclic esters (lactones) is 1. The molecule has 0 amide bonds. The summed E-state index contributed by atoms with van der Waals surface area (Å²) in [5.74, 6) is 0.496. The maximum atomic E-state index is 13.8. The number of carbonyl (C=O) groups is 1. The summed E-state index contributed by atoms with van der Waals surface area (Å²) >= 11 is 0. The number of ether oxygens (including phenoxy) is 3. The quantitative estimate of drug-likeness (QED) is 0.344. The molecule has 0 aliphatic carbocycles. The average Bonchev–Trinajstić information content (AvgIpc) is 3.65. The average molecular weight is 523 g/mol. The van der Waals surface area contributed by atoms with Gasteiger partial charge in [-0.2, -0.15) is 5.10 Å². The summed E-state index contributed by atoms with van der Waals surface area (Å²) in [6.45, 7) is 1.94. The Labute approximate surface area is 221 Å². The van der Waals surface area contributed by atoms with Gasteiger partial charge in [-0.15, -0.1) is 0 Å². The number of benzene rings is 2. The number of fused-ring (bicyclic) bond motifs is 7. The van der Waals surface area contributed by atoms with Gasteiger partial charge in [0.05, 0.1) is 40.7 Å². The van der Waals surface area contributed by atoms with E-state index in [1.807, 2.05) is 42.2 Å². The maximum absolute atomic E-state index is 13.8. The van der Waals surface area contributed by atoms with Crippen LogP contribution in [0.1, 0.15) is 30.0 Å². The van der Waals surface area contributed by atoms with Crippen LogP contribution in [-0.2, 0) is 35.3 Å². The van der Waals surface area contributed by atoms with Crippen LogP contribution in [0, 0.1) is 0 Å². The van der Waals surface area contributed by atoms with Crippen molar-refractivity contribution >= 4 is 27.8 Å². The third-order valence-corrected chi connectivity index (χ3v) is 8.22. The molecule has 3 aromatic heterocycles. The smallest absolute Gasteiger partial charge is 0.343 e. The number of aromatic nitrogens is 4. The largest absolute Gasteiger partial charge is 0.458 e. The lowest BCUT2D eigenvalue weighted by Gasteiger charge is -2.31. The molecule has 0 bridgehead atoms. The third-order valence-electron chi connectivity index (χ3n) is 8.22. The second-order valence-corrected chi connectivity index (χ2v) is 10.2. The van der Waals surface area contributed by atoms with Gasteiger partial charge < -0.3 is 23.9 Å². The zero-order valence-corrected chi connectivity index (χ0v) is 21.1. The number of carbonyl (C=O) groups excluding carboxylic acids is 1. The molecular weight excluding hydrogens is 500 g/mol. The number of rotatable bonds is 2. The zero-order valence-electron chi connectivity index (χ0n) is 21.1. The van der Waals surface area contributed by atoms with Crippen molar-refractivity contribution in [3.63, 3.8) is 0 Å². The Hall–Kier alpha value is -4.70. The van der Waals surface area contributed by atoms with Gasteiger partial charge in [-0.25, -0.2) is 9.78 Å². The van der Waals surface area contributed by atoms with Crippen LogP contribution in [0.4, 0.5) is 0 Å². The highest BCUT2D eigenvalue weighted by Crippen LogP contribution is 2.46. The van der Waals surface area contributed by atoms with Crippen molar-refractivity contribution in [1.82, 2.24) is 19.3 Å². The lowest BCUT2D eigenvalue weighted by atomic mass is 9.86. The van der Waals surface area contributed by atoms with Gasteiger partial charge >= 0.3 is 5.97 Å². The molecule has 39 heavy (non-hydrogen) atoms.